The summed E-state index contributed by atoms with van der Waals surface area (Å²) >= 11 is 3.28. The average Bonchev–Trinajstić information content (AvgIpc) is 3.06. The van der Waals surface area contributed by atoms with Crippen LogP contribution in [0.3, 0.4) is 0 Å². The fraction of sp³-hybridized carbons (Fsp3) is 0.462. The lowest BCUT2D eigenvalue weighted by molar-refractivity contribution is -0.117. The first-order valence-electron chi connectivity index (χ1n) is 6.02. The molecule has 1 aromatic rings. The quantitative estimate of drug-likeness (QED) is 0.847. The fourth-order valence-electron chi connectivity index (χ4n) is 2.02. The second kappa shape index (κ2) is 5.80. The molecular weight excluding hydrogens is 299 g/mol. The Morgan fingerprint density at radius 2 is 2.22 bits per heavy atom. The van der Waals surface area contributed by atoms with Gasteiger partial charge >= 0.3 is 0 Å². The second-order valence-electron chi connectivity index (χ2n) is 4.78. The van der Waals surface area contributed by atoms with Crippen LogP contribution in [0.25, 0.3) is 0 Å². The molecule has 0 spiro atoms. The maximum atomic E-state index is 13.4. The molecule has 5 heteroatoms. The third-order valence-corrected chi connectivity index (χ3v) is 3.53. The number of hydrogen-bond acceptors (Lipinski definition) is 2. The van der Waals surface area contributed by atoms with Crippen molar-refractivity contribution < 1.29 is 9.18 Å². The van der Waals surface area contributed by atoms with E-state index in [1.807, 2.05) is 6.07 Å². The van der Waals surface area contributed by atoms with Crippen LogP contribution in [-0.2, 0) is 4.79 Å². The molecule has 0 aliphatic heterocycles. The first kappa shape index (κ1) is 13.5. The van der Waals surface area contributed by atoms with Crippen LogP contribution >= 0.6 is 15.9 Å². The molecule has 0 radical (unpaired) electrons. The van der Waals surface area contributed by atoms with Crippen molar-refractivity contribution in [2.45, 2.75) is 25.3 Å². The number of rotatable bonds is 6. The van der Waals surface area contributed by atoms with Crippen LogP contribution in [0.5, 0.6) is 0 Å². The number of carbonyl (C=O) groups is 1. The van der Waals surface area contributed by atoms with E-state index in [1.165, 1.54) is 25.0 Å². The van der Waals surface area contributed by atoms with Crippen molar-refractivity contribution in [1.29, 1.82) is 0 Å². The number of nitrogens with one attached hydrogen (secondary N) is 1. The van der Waals surface area contributed by atoms with Crippen LogP contribution in [0.1, 0.15) is 30.9 Å². The van der Waals surface area contributed by atoms with Gasteiger partial charge in [0, 0.05) is 10.5 Å². The summed E-state index contributed by atoms with van der Waals surface area (Å²) in [6.07, 6.45) is 3.35. The number of hydrogen-bond donors (Lipinski definition) is 2. The van der Waals surface area contributed by atoms with Gasteiger partial charge in [0.25, 0.3) is 0 Å². The lowest BCUT2D eigenvalue weighted by Crippen LogP contribution is -2.32. The van der Waals surface area contributed by atoms with Gasteiger partial charge in [0.1, 0.15) is 5.82 Å². The Morgan fingerprint density at radius 1 is 1.50 bits per heavy atom. The molecule has 1 fully saturated rings. The molecule has 3 nitrogen and oxygen atoms in total. The van der Waals surface area contributed by atoms with E-state index in [-0.39, 0.29) is 18.4 Å². The Hall–Kier alpha value is -0.940. The number of amides is 1. The molecule has 98 valence electrons. The summed E-state index contributed by atoms with van der Waals surface area (Å²) in [5.74, 6) is 0.00438. The van der Waals surface area contributed by atoms with Gasteiger partial charge < -0.3 is 11.1 Å². The van der Waals surface area contributed by atoms with E-state index >= 15 is 0 Å². The minimum absolute atomic E-state index is 0.0167. The van der Waals surface area contributed by atoms with Crippen molar-refractivity contribution in [3.63, 3.8) is 0 Å². The second-order valence-corrected chi connectivity index (χ2v) is 5.70. The Labute approximate surface area is 114 Å². The van der Waals surface area contributed by atoms with Crippen LogP contribution in [0.4, 0.5) is 4.39 Å². The third kappa shape index (κ3) is 4.07. The standard InChI is InChI=1S/C13H16BrFN2O/c14-10-4-9(5-11(15)6-10)12(3-8-1-2-8)17-7-13(16)18/h4-6,8,12,17H,1-3,7H2,(H2,16,18). The topological polar surface area (TPSA) is 55.1 Å². The summed E-state index contributed by atoms with van der Waals surface area (Å²) in [6, 6.07) is 4.79. The molecule has 0 bridgehead atoms. The SMILES string of the molecule is NC(=O)CNC(CC1CC1)c1cc(F)cc(Br)c1. The highest BCUT2D eigenvalue weighted by Crippen LogP contribution is 2.38. The highest BCUT2D eigenvalue weighted by atomic mass is 79.9. The monoisotopic (exact) mass is 314 g/mol. The van der Waals surface area contributed by atoms with E-state index in [9.17, 15) is 9.18 Å². The maximum absolute atomic E-state index is 13.4. The molecule has 1 unspecified atom stereocenters. The zero-order chi connectivity index (χ0) is 13.1. The predicted molar refractivity (Wildman–Crippen MR) is 71.4 cm³/mol. The predicted octanol–water partition coefficient (Wildman–Crippen LogP) is 2.50. The number of halogens is 2. The molecule has 1 aromatic carbocycles. The molecular formula is C13H16BrFN2O. The number of nitrogens with two attached hydrogens (primary N) is 1. The molecule has 0 heterocycles. The minimum atomic E-state index is -0.397. The van der Waals surface area contributed by atoms with Crippen molar-refractivity contribution in [3.05, 3.63) is 34.1 Å². The highest BCUT2D eigenvalue weighted by Gasteiger charge is 2.26. The molecule has 0 aromatic heterocycles. The van der Waals surface area contributed by atoms with Crippen molar-refractivity contribution in [2.24, 2.45) is 11.7 Å². The summed E-state index contributed by atoms with van der Waals surface area (Å²) in [5, 5.41) is 3.10. The highest BCUT2D eigenvalue weighted by molar-refractivity contribution is 9.10. The van der Waals surface area contributed by atoms with Gasteiger partial charge in [0.2, 0.25) is 5.91 Å². The number of primary amides is 1. The maximum Gasteiger partial charge on any atom is 0.231 e. The third-order valence-electron chi connectivity index (χ3n) is 3.08. The van der Waals surface area contributed by atoms with Crippen LogP contribution in [-0.4, -0.2) is 12.5 Å². The Bertz CT molecular complexity index is 428. The first-order chi connectivity index (χ1) is 8.54. The molecule has 3 N–H and O–H groups in total. The molecule has 1 atom stereocenters. The Morgan fingerprint density at radius 3 is 2.78 bits per heavy atom. The zero-order valence-electron chi connectivity index (χ0n) is 9.96. The molecule has 1 aliphatic rings. The van der Waals surface area contributed by atoms with Gasteiger partial charge in [0.15, 0.2) is 0 Å². The number of benzene rings is 1. The van der Waals surface area contributed by atoms with E-state index in [4.69, 9.17) is 5.73 Å². The van der Waals surface area contributed by atoms with Gasteiger partial charge in [-0.15, -0.1) is 0 Å². The van der Waals surface area contributed by atoms with Gasteiger partial charge in [0.05, 0.1) is 6.54 Å². The van der Waals surface area contributed by atoms with Crippen LogP contribution in [0.15, 0.2) is 22.7 Å². The lowest BCUT2D eigenvalue weighted by atomic mass is 10.0. The van der Waals surface area contributed by atoms with Crippen LogP contribution < -0.4 is 11.1 Å². The van der Waals surface area contributed by atoms with Crippen molar-refractivity contribution in [3.8, 4) is 0 Å². The lowest BCUT2D eigenvalue weighted by Gasteiger charge is -2.18. The average molecular weight is 315 g/mol. The molecule has 1 saturated carbocycles. The van der Waals surface area contributed by atoms with Gasteiger partial charge in [-0.3, -0.25) is 4.79 Å². The van der Waals surface area contributed by atoms with Crippen molar-refractivity contribution in [2.75, 3.05) is 6.54 Å². The summed E-state index contributed by atoms with van der Waals surface area (Å²) in [4.78, 5) is 10.8. The van der Waals surface area contributed by atoms with E-state index < -0.39 is 5.91 Å². The van der Waals surface area contributed by atoms with Gasteiger partial charge in [-0.1, -0.05) is 28.8 Å². The van der Waals surface area contributed by atoms with E-state index in [2.05, 4.69) is 21.2 Å². The van der Waals surface area contributed by atoms with E-state index in [0.29, 0.717) is 10.4 Å². The molecule has 0 saturated heterocycles. The van der Waals surface area contributed by atoms with Gasteiger partial charge in [-0.05, 0) is 36.1 Å². The Balaban J connectivity index is 2.12. The summed E-state index contributed by atoms with van der Waals surface area (Å²) in [5.41, 5.74) is 6.00. The first-order valence-corrected chi connectivity index (χ1v) is 6.81. The molecule has 1 amide bonds. The molecule has 1 aliphatic carbocycles. The van der Waals surface area contributed by atoms with Crippen molar-refractivity contribution in [1.82, 2.24) is 5.32 Å². The largest absolute Gasteiger partial charge is 0.369 e. The van der Waals surface area contributed by atoms with Gasteiger partial charge in [-0.2, -0.15) is 0 Å². The van der Waals surface area contributed by atoms with Gasteiger partial charge in [-0.25, -0.2) is 4.39 Å². The van der Waals surface area contributed by atoms with E-state index in [1.54, 1.807) is 0 Å². The Kier molecular flexibility index (Phi) is 4.35. The van der Waals surface area contributed by atoms with Crippen LogP contribution in [0, 0.1) is 11.7 Å². The summed E-state index contributed by atoms with van der Waals surface area (Å²) in [6.45, 7) is 0.117. The smallest absolute Gasteiger partial charge is 0.231 e. The summed E-state index contributed by atoms with van der Waals surface area (Å²) in [7, 11) is 0. The molecule has 2 rings (SSSR count). The van der Waals surface area contributed by atoms with E-state index in [0.717, 1.165) is 12.0 Å². The van der Waals surface area contributed by atoms with Crippen molar-refractivity contribution >= 4 is 21.8 Å². The molecule has 18 heavy (non-hydrogen) atoms. The van der Waals surface area contributed by atoms with Crippen LogP contribution in [0.2, 0.25) is 0 Å². The summed E-state index contributed by atoms with van der Waals surface area (Å²) < 4.78 is 14.1. The fourth-order valence-corrected chi connectivity index (χ4v) is 2.51. The minimum Gasteiger partial charge on any atom is -0.369 e. The normalized spacial score (nSPS) is 16.6. The zero-order valence-corrected chi connectivity index (χ0v) is 11.5. The number of carbonyl (C=O) groups excluding carboxylic acids is 1.